The quantitative estimate of drug-likeness (QED) is 0.527. The molecule has 0 aliphatic rings. The lowest BCUT2D eigenvalue weighted by molar-refractivity contribution is -0.170. The molecule has 0 aromatic heterocycles. The molecule has 0 N–H and O–H groups in total. The van der Waals surface area contributed by atoms with Crippen molar-refractivity contribution in [2.24, 2.45) is 0 Å². The van der Waals surface area contributed by atoms with Crippen LogP contribution in [0.15, 0.2) is 0 Å². The first-order valence-electron chi connectivity index (χ1n) is 6.34. The molecule has 0 aliphatic heterocycles. The zero-order chi connectivity index (χ0) is 16.0. The first kappa shape index (κ1) is 19.1. The molecule has 0 heterocycles. The first-order chi connectivity index (χ1) is 9.05. The molecule has 0 aromatic rings. The first-order valence-corrected chi connectivity index (χ1v) is 7.95. The summed E-state index contributed by atoms with van der Waals surface area (Å²) in [5.74, 6) is -3.46. The topological polar surface area (TPSA) is 88.1 Å². The van der Waals surface area contributed by atoms with E-state index < -0.39 is 31.0 Å². The highest BCUT2D eigenvalue weighted by Crippen LogP contribution is 2.54. The van der Waals surface area contributed by atoms with Gasteiger partial charge in [0.1, 0.15) is 5.60 Å². The summed E-state index contributed by atoms with van der Waals surface area (Å²) in [6.07, 6.45) is 0. The van der Waals surface area contributed by atoms with Crippen molar-refractivity contribution in [3.63, 3.8) is 0 Å². The molecule has 0 saturated carbocycles. The van der Waals surface area contributed by atoms with Crippen LogP contribution in [-0.4, -0.2) is 36.6 Å². The molecule has 0 rings (SSSR count). The second-order valence-corrected chi connectivity index (χ2v) is 6.94. The number of ether oxygens (including phenoxy) is 2. The zero-order valence-electron chi connectivity index (χ0n) is 12.8. The Labute approximate surface area is 119 Å². The maximum atomic E-state index is 12.6. The van der Waals surface area contributed by atoms with Crippen LogP contribution in [0.2, 0.25) is 0 Å². The van der Waals surface area contributed by atoms with E-state index in [1.54, 1.807) is 34.6 Å². The molecule has 8 heteroatoms. The monoisotopic (exact) mass is 310 g/mol. The number of hydrogen-bond donors (Lipinski definition) is 0. The third kappa shape index (κ3) is 6.50. The van der Waals surface area contributed by atoms with Gasteiger partial charge in [-0.05, 0) is 34.6 Å². The standard InChI is InChI=1S/C12H23O7P/c1-7-16-20(15,17-8-2)11(18-9(3)13)10(14)19-12(4,5)6/h11H,7-8H2,1-6H3. The fraction of sp³-hybridized carbons (Fsp3) is 0.833. The Morgan fingerprint density at radius 3 is 1.85 bits per heavy atom. The normalized spacial score (nSPS) is 13.7. The van der Waals surface area contributed by atoms with Crippen LogP contribution < -0.4 is 0 Å². The highest BCUT2D eigenvalue weighted by molar-refractivity contribution is 7.55. The zero-order valence-corrected chi connectivity index (χ0v) is 13.7. The number of esters is 2. The smallest absolute Gasteiger partial charge is 0.382 e. The number of hydrogen-bond acceptors (Lipinski definition) is 7. The summed E-state index contributed by atoms with van der Waals surface area (Å²) in [5, 5.41) is 0. The van der Waals surface area contributed by atoms with E-state index in [0.717, 1.165) is 6.92 Å². The van der Waals surface area contributed by atoms with Gasteiger partial charge in [-0.15, -0.1) is 0 Å². The predicted octanol–water partition coefficient (Wildman–Crippen LogP) is 2.48. The summed E-state index contributed by atoms with van der Waals surface area (Å²) in [4.78, 5) is 23.2. The SMILES string of the molecule is CCOP(=O)(OCC)C(OC(C)=O)C(=O)OC(C)(C)C. The summed E-state index contributed by atoms with van der Waals surface area (Å²) in [6.45, 7) is 9.28. The Bertz CT molecular complexity index is 376. The van der Waals surface area contributed by atoms with Crippen LogP contribution in [0.3, 0.4) is 0 Å². The van der Waals surface area contributed by atoms with E-state index in [1.807, 2.05) is 0 Å². The summed E-state index contributed by atoms with van der Waals surface area (Å²) < 4.78 is 32.5. The Balaban J connectivity index is 5.34. The lowest BCUT2D eigenvalue weighted by atomic mass is 10.2. The average Bonchev–Trinajstić information content (AvgIpc) is 2.23. The molecule has 1 atom stereocenters. The Hall–Kier alpha value is -0.910. The van der Waals surface area contributed by atoms with Crippen molar-refractivity contribution in [2.75, 3.05) is 13.2 Å². The van der Waals surface area contributed by atoms with E-state index in [-0.39, 0.29) is 13.2 Å². The van der Waals surface area contributed by atoms with E-state index in [2.05, 4.69) is 0 Å². The summed E-state index contributed by atoms with van der Waals surface area (Å²) in [6, 6.07) is 0. The van der Waals surface area contributed by atoms with Gasteiger partial charge in [-0.25, -0.2) is 4.79 Å². The average molecular weight is 310 g/mol. The van der Waals surface area contributed by atoms with E-state index in [4.69, 9.17) is 18.5 Å². The second-order valence-electron chi connectivity index (χ2n) is 4.87. The molecular formula is C12H23O7P. The molecule has 0 saturated heterocycles. The predicted molar refractivity (Wildman–Crippen MR) is 72.3 cm³/mol. The lowest BCUT2D eigenvalue weighted by Gasteiger charge is -2.27. The largest absolute Gasteiger partial charge is 0.457 e. The van der Waals surface area contributed by atoms with Gasteiger partial charge in [0.15, 0.2) is 0 Å². The number of carbonyl (C=O) groups excluding carboxylic acids is 2. The van der Waals surface area contributed by atoms with Gasteiger partial charge in [0.2, 0.25) is 0 Å². The van der Waals surface area contributed by atoms with Gasteiger partial charge in [-0.1, -0.05) is 0 Å². The van der Waals surface area contributed by atoms with Crippen molar-refractivity contribution < 1.29 is 32.7 Å². The molecule has 0 bridgehead atoms. The van der Waals surface area contributed by atoms with Crippen molar-refractivity contribution in [1.29, 1.82) is 0 Å². The van der Waals surface area contributed by atoms with Gasteiger partial charge in [0.25, 0.3) is 5.85 Å². The lowest BCUT2D eigenvalue weighted by Crippen LogP contribution is -2.35. The van der Waals surface area contributed by atoms with Crippen molar-refractivity contribution in [2.45, 2.75) is 53.0 Å². The third-order valence-electron chi connectivity index (χ3n) is 1.79. The minimum absolute atomic E-state index is 0.0395. The minimum atomic E-state index is -3.94. The van der Waals surface area contributed by atoms with E-state index in [9.17, 15) is 14.2 Å². The summed E-state index contributed by atoms with van der Waals surface area (Å²) >= 11 is 0. The van der Waals surface area contributed by atoms with Crippen molar-refractivity contribution in [3.8, 4) is 0 Å². The van der Waals surface area contributed by atoms with Gasteiger partial charge in [-0.2, -0.15) is 0 Å². The number of carbonyl (C=O) groups is 2. The molecule has 20 heavy (non-hydrogen) atoms. The molecule has 0 aromatic carbocycles. The van der Waals surface area contributed by atoms with Gasteiger partial charge in [0, 0.05) is 6.92 Å². The molecule has 0 aliphatic carbocycles. The summed E-state index contributed by atoms with van der Waals surface area (Å²) in [7, 11) is -3.94. The maximum absolute atomic E-state index is 12.6. The van der Waals surface area contributed by atoms with E-state index in [1.165, 1.54) is 0 Å². The highest BCUT2D eigenvalue weighted by Gasteiger charge is 2.46. The van der Waals surface area contributed by atoms with Crippen molar-refractivity contribution >= 4 is 19.5 Å². The Morgan fingerprint density at radius 1 is 1.10 bits per heavy atom. The van der Waals surface area contributed by atoms with Crippen LogP contribution in [0.5, 0.6) is 0 Å². The van der Waals surface area contributed by atoms with Gasteiger partial charge < -0.3 is 18.5 Å². The molecular weight excluding hydrogens is 287 g/mol. The van der Waals surface area contributed by atoms with Crippen LogP contribution in [0.25, 0.3) is 0 Å². The van der Waals surface area contributed by atoms with E-state index in [0.29, 0.717) is 0 Å². The third-order valence-corrected chi connectivity index (χ3v) is 3.92. The Morgan fingerprint density at radius 2 is 1.55 bits per heavy atom. The molecule has 0 radical (unpaired) electrons. The fourth-order valence-corrected chi connectivity index (χ4v) is 2.94. The maximum Gasteiger partial charge on any atom is 0.382 e. The molecule has 0 spiro atoms. The van der Waals surface area contributed by atoms with Crippen LogP contribution >= 0.6 is 7.60 Å². The van der Waals surface area contributed by atoms with Gasteiger partial charge in [0.05, 0.1) is 13.2 Å². The van der Waals surface area contributed by atoms with Crippen LogP contribution in [0, 0.1) is 0 Å². The second kappa shape index (κ2) is 7.76. The molecule has 0 amide bonds. The van der Waals surface area contributed by atoms with Crippen LogP contribution in [0.1, 0.15) is 41.5 Å². The van der Waals surface area contributed by atoms with E-state index >= 15 is 0 Å². The van der Waals surface area contributed by atoms with Crippen molar-refractivity contribution in [3.05, 3.63) is 0 Å². The fourth-order valence-electron chi connectivity index (χ4n) is 1.28. The highest BCUT2D eigenvalue weighted by atomic mass is 31.2. The number of rotatable bonds is 7. The van der Waals surface area contributed by atoms with Crippen LogP contribution in [0.4, 0.5) is 0 Å². The molecule has 7 nitrogen and oxygen atoms in total. The molecule has 0 fully saturated rings. The van der Waals surface area contributed by atoms with Crippen molar-refractivity contribution in [1.82, 2.24) is 0 Å². The van der Waals surface area contributed by atoms with Gasteiger partial charge in [-0.3, -0.25) is 9.36 Å². The van der Waals surface area contributed by atoms with Crippen LogP contribution in [-0.2, 0) is 32.7 Å². The summed E-state index contributed by atoms with van der Waals surface area (Å²) in [5.41, 5.74) is -0.821. The molecule has 118 valence electrons. The molecule has 1 unspecified atom stereocenters. The van der Waals surface area contributed by atoms with Gasteiger partial charge >= 0.3 is 19.5 Å². The Kier molecular flexibility index (Phi) is 7.41. The minimum Gasteiger partial charge on any atom is -0.457 e.